The summed E-state index contributed by atoms with van der Waals surface area (Å²) in [5, 5.41) is 13.0. The number of pyridine rings is 1. The van der Waals surface area contributed by atoms with Crippen LogP contribution >= 0.6 is 0 Å². The van der Waals surface area contributed by atoms with E-state index in [0.717, 1.165) is 42.0 Å². The fraction of sp³-hybridized carbons (Fsp3) is 0.286. The van der Waals surface area contributed by atoms with Gasteiger partial charge in [-0.05, 0) is 11.6 Å². The first-order chi connectivity index (χ1) is 13.8. The van der Waals surface area contributed by atoms with Gasteiger partial charge in [0.1, 0.15) is 11.8 Å². The zero-order valence-electron chi connectivity index (χ0n) is 15.8. The molecular weight excluding hydrogens is 352 g/mol. The highest BCUT2D eigenvalue weighted by atomic mass is 16.5. The van der Waals surface area contributed by atoms with E-state index < -0.39 is 0 Å². The van der Waals surface area contributed by atoms with Crippen LogP contribution in [0.5, 0.6) is 0 Å². The maximum absolute atomic E-state index is 6.04. The quantitative estimate of drug-likeness (QED) is 0.550. The molecule has 4 heterocycles. The first kappa shape index (κ1) is 17.1. The fourth-order valence-electron chi connectivity index (χ4n) is 3.77. The van der Waals surface area contributed by atoms with Gasteiger partial charge in [0.2, 0.25) is 0 Å². The summed E-state index contributed by atoms with van der Waals surface area (Å²) < 4.78 is 9.73. The summed E-state index contributed by atoms with van der Waals surface area (Å²) in [6, 6.07) is 14.5. The molecular formula is C21H22N6O. The molecule has 5 rings (SSSR count). The highest BCUT2D eigenvalue weighted by molar-refractivity contribution is 5.66. The number of aryl methyl sites for hydroxylation is 1. The van der Waals surface area contributed by atoms with E-state index in [-0.39, 0.29) is 6.10 Å². The minimum atomic E-state index is -0.0782. The smallest absolute Gasteiger partial charge is 0.121 e. The van der Waals surface area contributed by atoms with Crippen LogP contribution in [0.4, 0.5) is 0 Å². The SMILES string of the molecule is Cn1cc(CN2CCOC(c3nnn4cc(-c5ccccc5)ccc34)C2)cn1. The summed E-state index contributed by atoms with van der Waals surface area (Å²) in [5.41, 5.74) is 5.39. The summed E-state index contributed by atoms with van der Waals surface area (Å²) in [6.07, 6.45) is 5.93. The molecule has 1 atom stereocenters. The van der Waals surface area contributed by atoms with Crippen molar-refractivity contribution in [2.24, 2.45) is 7.05 Å². The normalized spacial score (nSPS) is 18.0. The van der Waals surface area contributed by atoms with Crippen molar-refractivity contribution in [1.29, 1.82) is 0 Å². The van der Waals surface area contributed by atoms with E-state index in [2.05, 4.69) is 50.8 Å². The van der Waals surface area contributed by atoms with Gasteiger partial charge in [-0.2, -0.15) is 5.10 Å². The van der Waals surface area contributed by atoms with Crippen molar-refractivity contribution < 1.29 is 4.74 Å². The van der Waals surface area contributed by atoms with Crippen molar-refractivity contribution >= 4 is 5.52 Å². The van der Waals surface area contributed by atoms with Crippen LogP contribution in [0.25, 0.3) is 16.6 Å². The summed E-state index contributed by atoms with van der Waals surface area (Å²) in [7, 11) is 1.94. The predicted octanol–water partition coefficient (Wildman–Crippen LogP) is 2.70. The monoisotopic (exact) mass is 374 g/mol. The van der Waals surface area contributed by atoms with Crippen LogP contribution < -0.4 is 0 Å². The average Bonchev–Trinajstić information content (AvgIpc) is 3.34. The van der Waals surface area contributed by atoms with Crippen molar-refractivity contribution in [2.45, 2.75) is 12.6 Å². The van der Waals surface area contributed by atoms with Crippen LogP contribution in [-0.4, -0.2) is 49.2 Å². The van der Waals surface area contributed by atoms with Gasteiger partial charge < -0.3 is 4.74 Å². The van der Waals surface area contributed by atoms with E-state index in [1.54, 1.807) is 0 Å². The van der Waals surface area contributed by atoms with Crippen LogP contribution in [0.3, 0.4) is 0 Å². The largest absolute Gasteiger partial charge is 0.369 e. The second-order valence-corrected chi connectivity index (χ2v) is 7.21. The van der Waals surface area contributed by atoms with Gasteiger partial charge in [-0.1, -0.05) is 41.6 Å². The van der Waals surface area contributed by atoms with Gasteiger partial charge in [0, 0.05) is 50.2 Å². The Morgan fingerprint density at radius 3 is 2.79 bits per heavy atom. The summed E-state index contributed by atoms with van der Waals surface area (Å²) in [5.74, 6) is 0. The molecule has 0 radical (unpaired) electrons. The van der Waals surface area contributed by atoms with E-state index in [4.69, 9.17) is 4.74 Å². The van der Waals surface area contributed by atoms with E-state index in [9.17, 15) is 0 Å². The zero-order valence-corrected chi connectivity index (χ0v) is 15.8. The molecule has 1 fully saturated rings. The lowest BCUT2D eigenvalue weighted by Gasteiger charge is -2.31. The van der Waals surface area contributed by atoms with E-state index >= 15 is 0 Å². The molecule has 0 bridgehead atoms. The number of rotatable bonds is 4. The van der Waals surface area contributed by atoms with Gasteiger partial charge in [0.05, 0.1) is 18.3 Å². The van der Waals surface area contributed by atoms with E-state index in [0.29, 0.717) is 6.61 Å². The van der Waals surface area contributed by atoms with E-state index in [1.807, 2.05) is 46.8 Å². The number of hydrogen-bond donors (Lipinski definition) is 0. The standard InChI is InChI=1S/C21H22N6O/c1-25-12-16(11-22-25)13-26-9-10-28-20(15-26)21-19-8-7-18(14-27(19)24-23-21)17-5-3-2-4-6-17/h2-8,11-12,14,20H,9-10,13,15H2,1H3. The van der Waals surface area contributed by atoms with Crippen molar-refractivity contribution in [3.8, 4) is 11.1 Å². The van der Waals surface area contributed by atoms with Crippen LogP contribution in [0.2, 0.25) is 0 Å². The van der Waals surface area contributed by atoms with Gasteiger partial charge in [0.25, 0.3) is 0 Å². The second kappa shape index (κ2) is 7.18. The van der Waals surface area contributed by atoms with Gasteiger partial charge >= 0.3 is 0 Å². The van der Waals surface area contributed by atoms with E-state index in [1.165, 1.54) is 5.56 Å². The molecule has 1 saturated heterocycles. The Hall–Kier alpha value is -3.03. The first-order valence-electron chi connectivity index (χ1n) is 9.48. The molecule has 0 saturated carbocycles. The first-order valence-corrected chi connectivity index (χ1v) is 9.48. The molecule has 1 aliphatic heterocycles. The van der Waals surface area contributed by atoms with Crippen LogP contribution in [-0.2, 0) is 18.3 Å². The number of benzene rings is 1. The average molecular weight is 374 g/mol. The predicted molar refractivity (Wildman–Crippen MR) is 106 cm³/mol. The minimum absolute atomic E-state index is 0.0782. The molecule has 28 heavy (non-hydrogen) atoms. The Morgan fingerprint density at radius 1 is 1.07 bits per heavy atom. The van der Waals surface area contributed by atoms with Gasteiger partial charge in [0.15, 0.2) is 0 Å². The third-order valence-electron chi connectivity index (χ3n) is 5.17. The van der Waals surface area contributed by atoms with Crippen LogP contribution in [0.15, 0.2) is 61.1 Å². The van der Waals surface area contributed by atoms with Gasteiger partial charge in [-0.25, -0.2) is 4.52 Å². The topological polar surface area (TPSA) is 60.5 Å². The maximum Gasteiger partial charge on any atom is 0.121 e. The molecule has 0 aliphatic carbocycles. The summed E-state index contributed by atoms with van der Waals surface area (Å²) in [4.78, 5) is 2.38. The van der Waals surface area contributed by atoms with Gasteiger partial charge in [-0.15, -0.1) is 5.10 Å². The lowest BCUT2D eigenvalue weighted by atomic mass is 10.1. The van der Waals surface area contributed by atoms with Gasteiger partial charge in [-0.3, -0.25) is 9.58 Å². The minimum Gasteiger partial charge on any atom is -0.369 e. The molecule has 0 amide bonds. The van der Waals surface area contributed by atoms with Crippen LogP contribution in [0.1, 0.15) is 17.4 Å². The highest BCUT2D eigenvalue weighted by Crippen LogP contribution is 2.27. The van der Waals surface area contributed by atoms with Crippen molar-refractivity contribution in [1.82, 2.24) is 29.5 Å². The highest BCUT2D eigenvalue weighted by Gasteiger charge is 2.26. The van der Waals surface area contributed by atoms with Crippen molar-refractivity contribution in [3.63, 3.8) is 0 Å². The molecule has 1 aliphatic rings. The van der Waals surface area contributed by atoms with Crippen molar-refractivity contribution in [2.75, 3.05) is 19.7 Å². The third-order valence-corrected chi connectivity index (χ3v) is 5.17. The molecule has 7 heteroatoms. The molecule has 142 valence electrons. The molecule has 4 aromatic rings. The lowest BCUT2D eigenvalue weighted by Crippen LogP contribution is -2.38. The molecule has 0 N–H and O–H groups in total. The molecule has 1 aromatic carbocycles. The zero-order chi connectivity index (χ0) is 18.9. The number of morpholine rings is 1. The Balaban J connectivity index is 1.38. The Morgan fingerprint density at radius 2 is 1.96 bits per heavy atom. The number of ether oxygens (including phenoxy) is 1. The second-order valence-electron chi connectivity index (χ2n) is 7.21. The number of aromatic nitrogens is 5. The Labute approximate surface area is 163 Å². The number of fused-ring (bicyclic) bond motifs is 1. The third kappa shape index (κ3) is 3.30. The molecule has 7 nitrogen and oxygen atoms in total. The molecule has 3 aromatic heterocycles. The van der Waals surface area contributed by atoms with Crippen LogP contribution in [0, 0.1) is 0 Å². The molecule has 0 spiro atoms. The Kier molecular flexibility index (Phi) is 4.38. The summed E-state index contributed by atoms with van der Waals surface area (Å²) in [6.45, 7) is 3.25. The Bertz CT molecular complexity index is 1090. The fourth-order valence-corrected chi connectivity index (χ4v) is 3.77. The lowest BCUT2D eigenvalue weighted by molar-refractivity contribution is -0.0343. The van der Waals surface area contributed by atoms with Crippen molar-refractivity contribution in [3.05, 3.63) is 72.3 Å². The number of hydrogen-bond acceptors (Lipinski definition) is 5. The maximum atomic E-state index is 6.04. The number of nitrogens with zero attached hydrogens (tertiary/aromatic N) is 6. The molecule has 1 unspecified atom stereocenters. The summed E-state index contributed by atoms with van der Waals surface area (Å²) >= 11 is 0.